The normalized spacial score (nSPS) is 10.2. The lowest BCUT2D eigenvalue weighted by Crippen LogP contribution is -1.79. The molecular weight excluding hydrogens is 272 g/mol. The highest BCUT2D eigenvalue weighted by Gasteiger charge is 2.03. The molecule has 2 rings (SSSR count). The molecule has 7 heteroatoms. The third-order valence-corrected chi connectivity index (χ3v) is 3.44. The Balaban J connectivity index is 2.15. The lowest BCUT2D eigenvalue weighted by Gasteiger charge is -1.91. The largest absolute Gasteiger partial charge is 0.260 e. The minimum Gasteiger partial charge on any atom is -0.260 e. The minimum absolute atomic E-state index is 0.777. The fourth-order valence-electron chi connectivity index (χ4n) is 0.662. The van der Waals surface area contributed by atoms with Gasteiger partial charge < -0.3 is 0 Å². The van der Waals surface area contributed by atoms with Crippen molar-refractivity contribution in [3.05, 3.63) is 22.5 Å². The third-order valence-electron chi connectivity index (χ3n) is 1.11. The molecule has 0 N–H and O–H groups in total. The van der Waals surface area contributed by atoms with E-state index in [1.165, 1.54) is 23.1 Å². The van der Waals surface area contributed by atoms with Crippen LogP contribution in [0.2, 0.25) is 0 Å². The number of aromatic nitrogens is 4. The second-order valence-corrected chi connectivity index (χ2v) is 5.49. The van der Waals surface area contributed by atoms with Crippen LogP contribution >= 0.6 is 39.0 Å². The first-order chi connectivity index (χ1) is 6.34. The highest BCUT2D eigenvalue weighted by Crippen LogP contribution is 2.29. The van der Waals surface area contributed by atoms with Crippen molar-refractivity contribution in [3.63, 3.8) is 0 Å². The topological polar surface area (TPSA) is 51.6 Å². The van der Waals surface area contributed by atoms with E-state index in [1.807, 2.05) is 0 Å². The first-order valence-electron chi connectivity index (χ1n) is 3.27. The van der Waals surface area contributed by atoms with Crippen molar-refractivity contribution in [1.82, 2.24) is 20.2 Å². The van der Waals surface area contributed by atoms with E-state index in [0.29, 0.717) is 0 Å². The van der Waals surface area contributed by atoms with E-state index in [9.17, 15) is 0 Å². The predicted molar refractivity (Wildman–Crippen MR) is 53.8 cm³/mol. The molecule has 13 heavy (non-hydrogen) atoms. The average molecular weight is 275 g/mol. The summed E-state index contributed by atoms with van der Waals surface area (Å²) in [5.74, 6) is 0. The van der Waals surface area contributed by atoms with E-state index in [0.717, 1.165) is 13.3 Å². The first-order valence-corrected chi connectivity index (χ1v) is 5.70. The van der Waals surface area contributed by atoms with Gasteiger partial charge in [-0.05, 0) is 27.7 Å². The van der Waals surface area contributed by atoms with Gasteiger partial charge in [0.15, 0.2) is 8.26 Å². The van der Waals surface area contributed by atoms with Crippen LogP contribution in [-0.2, 0) is 0 Å². The summed E-state index contributed by atoms with van der Waals surface area (Å²) >= 11 is 6.16. The molecule has 0 unspecified atom stereocenters. The number of halogens is 1. The molecule has 0 spiro atoms. The van der Waals surface area contributed by atoms with Crippen LogP contribution in [0.15, 0.2) is 31.9 Å². The van der Waals surface area contributed by atoms with Crippen LogP contribution in [-0.4, -0.2) is 20.2 Å². The Kier molecular flexibility index (Phi) is 2.87. The molecule has 2 heterocycles. The molecule has 0 atom stereocenters. The lowest BCUT2D eigenvalue weighted by atomic mass is 10.8. The van der Waals surface area contributed by atoms with Gasteiger partial charge in [0.2, 0.25) is 0 Å². The zero-order valence-electron chi connectivity index (χ0n) is 6.22. The van der Waals surface area contributed by atoms with E-state index in [4.69, 9.17) is 0 Å². The Morgan fingerprint density at radius 1 is 1.31 bits per heavy atom. The molecular formula is C6H3BrN4S2. The van der Waals surface area contributed by atoms with Gasteiger partial charge in [0, 0.05) is 12.4 Å². The van der Waals surface area contributed by atoms with E-state index < -0.39 is 0 Å². The van der Waals surface area contributed by atoms with Crippen LogP contribution in [0.4, 0.5) is 0 Å². The summed E-state index contributed by atoms with van der Waals surface area (Å²) in [5.41, 5.74) is 0. The Morgan fingerprint density at radius 3 is 2.85 bits per heavy atom. The Bertz CT molecular complexity index is 391. The molecule has 0 aliphatic carbocycles. The maximum absolute atomic E-state index is 4.11. The van der Waals surface area contributed by atoms with Crippen molar-refractivity contribution in [1.29, 1.82) is 0 Å². The van der Waals surface area contributed by atoms with E-state index >= 15 is 0 Å². The maximum atomic E-state index is 4.11. The van der Waals surface area contributed by atoms with Crippen molar-refractivity contribution in [3.8, 4) is 0 Å². The van der Waals surface area contributed by atoms with Crippen LogP contribution in [0.3, 0.4) is 0 Å². The van der Waals surface area contributed by atoms with Crippen molar-refractivity contribution in [2.75, 3.05) is 0 Å². The molecule has 2 aromatic heterocycles. The lowest BCUT2D eigenvalue weighted by molar-refractivity contribution is 0.988. The molecule has 66 valence electrons. The summed E-state index contributed by atoms with van der Waals surface area (Å²) < 4.78 is 1.63. The van der Waals surface area contributed by atoms with Gasteiger partial charge in [-0.1, -0.05) is 11.3 Å². The zero-order valence-corrected chi connectivity index (χ0v) is 9.43. The molecule has 2 aromatic rings. The summed E-state index contributed by atoms with van der Waals surface area (Å²) in [7, 11) is 0. The van der Waals surface area contributed by atoms with E-state index in [-0.39, 0.29) is 0 Å². The molecule has 0 bridgehead atoms. The van der Waals surface area contributed by atoms with Crippen molar-refractivity contribution in [2.45, 2.75) is 9.37 Å². The van der Waals surface area contributed by atoms with Gasteiger partial charge in [0.25, 0.3) is 0 Å². The molecule has 0 saturated carbocycles. The van der Waals surface area contributed by atoms with Crippen LogP contribution in [0.25, 0.3) is 0 Å². The molecule has 0 fully saturated rings. The van der Waals surface area contributed by atoms with E-state index in [2.05, 4.69) is 36.1 Å². The fraction of sp³-hybridized carbons (Fsp3) is 0. The predicted octanol–water partition coefficient (Wildman–Crippen LogP) is 2.24. The van der Waals surface area contributed by atoms with Gasteiger partial charge in [-0.25, -0.2) is 4.98 Å². The van der Waals surface area contributed by atoms with Crippen LogP contribution in [0.5, 0.6) is 0 Å². The van der Waals surface area contributed by atoms with Gasteiger partial charge in [-0.15, -0.1) is 10.2 Å². The van der Waals surface area contributed by atoms with Crippen LogP contribution in [0, 0.1) is 0 Å². The number of hydrogen-bond donors (Lipinski definition) is 0. The summed E-state index contributed by atoms with van der Waals surface area (Å²) in [5, 5.41) is 8.58. The summed E-state index contributed by atoms with van der Waals surface area (Å²) in [6.07, 6.45) is 4.98. The summed E-state index contributed by atoms with van der Waals surface area (Å²) in [4.78, 5) is 8.06. The number of hydrogen-bond acceptors (Lipinski definition) is 6. The van der Waals surface area contributed by atoms with Gasteiger partial charge in [-0.2, -0.15) is 0 Å². The Morgan fingerprint density at radius 2 is 2.23 bits per heavy atom. The molecule has 0 saturated heterocycles. The van der Waals surface area contributed by atoms with Crippen molar-refractivity contribution < 1.29 is 0 Å². The smallest absolute Gasteiger partial charge is 0.184 e. The van der Waals surface area contributed by atoms with Crippen LogP contribution < -0.4 is 0 Å². The van der Waals surface area contributed by atoms with Gasteiger partial charge >= 0.3 is 0 Å². The molecule has 0 radical (unpaired) electrons. The highest BCUT2D eigenvalue weighted by atomic mass is 79.9. The van der Waals surface area contributed by atoms with Gasteiger partial charge in [-0.3, -0.25) is 4.98 Å². The molecule has 0 aromatic carbocycles. The quantitative estimate of drug-likeness (QED) is 0.841. The average Bonchev–Trinajstić information content (AvgIpc) is 2.53. The monoisotopic (exact) mass is 274 g/mol. The third kappa shape index (κ3) is 2.45. The van der Waals surface area contributed by atoms with E-state index in [1.54, 1.807) is 18.6 Å². The Hall–Kier alpha value is -0.530. The first kappa shape index (κ1) is 9.04. The van der Waals surface area contributed by atoms with Crippen molar-refractivity contribution in [2.24, 2.45) is 0 Å². The number of rotatable bonds is 2. The van der Waals surface area contributed by atoms with Gasteiger partial charge in [0.05, 0.1) is 6.20 Å². The van der Waals surface area contributed by atoms with Crippen molar-refractivity contribution >= 4 is 39.0 Å². The summed E-state index contributed by atoms with van der Waals surface area (Å²) in [6.45, 7) is 0. The molecule has 0 amide bonds. The second kappa shape index (κ2) is 4.12. The zero-order chi connectivity index (χ0) is 9.10. The second-order valence-electron chi connectivity index (χ2n) is 1.97. The SMILES string of the molecule is Brc1nnc(Sc2cnccn2)s1. The molecule has 0 aliphatic rings. The Labute approximate surface area is 91.0 Å². The maximum Gasteiger partial charge on any atom is 0.184 e. The highest BCUT2D eigenvalue weighted by molar-refractivity contribution is 9.11. The molecule has 0 aliphatic heterocycles. The molecule has 4 nitrogen and oxygen atoms in total. The minimum atomic E-state index is 0.777. The summed E-state index contributed by atoms with van der Waals surface area (Å²) in [6, 6.07) is 0. The fourth-order valence-corrected chi connectivity index (χ4v) is 2.98. The standard InChI is InChI=1S/C6H3BrN4S2/c7-5-10-11-6(13-5)12-4-3-8-1-2-9-4/h1-3H. The van der Waals surface area contributed by atoms with Crippen LogP contribution in [0.1, 0.15) is 0 Å². The number of nitrogens with zero attached hydrogens (tertiary/aromatic N) is 4. The van der Waals surface area contributed by atoms with Gasteiger partial charge in [0.1, 0.15) is 5.03 Å².